The van der Waals surface area contributed by atoms with E-state index in [0.29, 0.717) is 34.4 Å². The van der Waals surface area contributed by atoms with Crippen LogP contribution in [0.25, 0.3) is 0 Å². The van der Waals surface area contributed by atoms with Gasteiger partial charge < -0.3 is 14.8 Å². The molecule has 0 aliphatic carbocycles. The summed E-state index contributed by atoms with van der Waals surface area (Å²) >= 11 is 6.06. The standard InChI is InChI=1S/C21H18ClNO3/c1-25-19-8-4-5-9-20(19)26-14-15-10-12-16(13-11-15)21(24)23-18-7-3-2-6-17(18)22/h2-13H,14H2,1H3,(H,23,24). The summed E-state index contributed by atoms with van der Waals surface area (Å²) in [5.74, 6) is 1.15. The van der Waals surface area contributed by atoms with Crippen LogP contribution in [-0.2, 0) is 6.61 Å². The lowest BCUT2D eigenvalue weighted by atomic mass is 10.1. The molecule has 1 N–H and O–H groups in total. The lowest BCUT2D eigenvalue weighted by Crippen LogP contribution is -2.12. The summed E-state index contributed by atoms with van der Waals surface area (Å²) in [6.07, 6.45) is 0. The second-order valence-electron chi connectivity index (χ2n) is 5.57. The molecule has 0 aliphatic heterocycles. The second-order valence-corrected chi connectivity index (χ2v) is 5.98. The fourth-order valence-electron chi connectivity index (χ4n) is 2.41. The van der Waals surface area contributed by atoms with Gasteiger partial charge >= 0.3 is 0 Å². The van der Waals surface area contributed by atoms with Crippen LogP contribution < -0.4 is 14.8 Å². The van der Waals surface area contributed by atoms with E-state index in [1.54, 1.807) is 31.4 Å². The number of hydrogen-bond donors (Lipinski definition) is 1. The third kappa shape index (κ3) is 4.35. The van der Waals surface area contributed by atoms with Gasteiger partial charge in [-0.05, 0) is 42.0 Å². The lowest BCUT2D eigenvalue weighted by molar-refractivity contribution is 0.102. The molecule has 0 atom stereocenters. The Kier molecular flexibility index (Phi) is 5.77. The normalized spacial score (nSPS) is 10.2. The Morgan fingerprint density at radius 3 is 2.27 bits per heavy atom. The van der Waals surface area contributed by atoms with Crippen LogP contribution in [-0.4, -0.2) is 13.0 Å². The van der Waals surface area contributed by atoms with E-state index in [0.717, 1.165) is 5.56 Å². The van der Waals surface area contributed by atoms with E-state index in [1.807, 2.05) is 48.5 Å². The van der Waals surface area contributed by atoms with Gasteiger partial charge in [-0.3, -0.25) is 4.79 Å². The zero-order valence-electron chi connectivity index (χ0n) is 14.2. The highest BCUT2D eigenvalue weighted by molar-refractivity contribution is 6.33. The molecule has 3 aromatic rings. The molecular formula is C21H18ClNO3. The molecule has 26 heavy (non-hydrogen) atoms. The Hall–Kier alpha value is -2.98. The first-order valence-electron chi connectivity index (χ1n) is 8.08. The molecule has 0 radical (unpaired) electrons. The highest BCUT2D eigenvalue weighted by atomic mass is 35.5. The maximum absolute atomic E-state index is 12.3. The van der Waals surface area contributed by atoms with Crippen molar-refractivity contribution in [3.05, 3.63) is 88.9 Å². The maximum atomic E-state index is 12.3. The number of para-hydroxylation sites is 3. The molecule has 3 rings (SSSR count). The maximum Gasteiger partial charge on any atom is 0.255 e. The van der Waals surface area contributed by atoms with Crippen molar-refractivity contribution in [1.82, 2.24) is 0 Å². The molecule has 0 bridgehead atoms. The van der Waals surface area contributed by atoms with Crippen LogP contribution in [0.5, 0.6) is 11.5 Å². The van der Waals surface area contributed by atoms with Crippen LogP contribution >= 0.6 is 11.6 Å². The van der Waals surface area contributed by atoms with Gasteiger partial charge in [0.05, 0.1) is 17.8 Å². The minimum Gasteiger partial charge on any atom is -0.493 e. The molecule has 0 fully saturated rings. The van der Waals surface area contributed by atoms with Crippen molar-refractivity contribution >= 4 is 23.2 Å². The van der Waals surface area contributed by atoms with Gasteiger partial charge in [0.25, 0.3) is 5.91 Å². The fraction of sp³-hybridized carbons (Fsp3) is 0.0952. The number of carbonyl (C=O) groups excluding carboxylic acids is 1. The number of nitrogens with one attached hydrogen (secondary N) is 1. The number of hydrogen-bond acceptors (Lipinski definition) is 3. The van der Waals surface area contributed by atoms with E-state index in [1.165, 1.54) is 0 Å². The molecule has 0 unspecified atom stereocenters. The Morgan fingerprint density at radius 1 is 0.923 bits per heavy atom. The second kappa shape index (κ2) is 8.41. The van der Waals surface area contributed by atoms with Crippen LogP contribution in [0.3, 0.4) is 0 Å². The monoisotopic (exact) mass is 367 g/mol. The third-order valence-electron chi connectivity index (χ3n) is 3.80. The summed E-state index contributed by atoms with van der Waals surface area (Å²) in [7, 11) is 1.61. The first kappa shape index (κ1) is 17.8. The molecule has 1 amide bonds. The molecule has 4 nitrogen and oxygen atoms in total. The van der Waals surface area contributed by atoms with Crippen molar-refractivity contribution in [1.29, 1.82) is 0 Å². The predicted octanol–water partition coefficient (Wildman–Crippen LogP) is 5.18. The van der Waals surface area contributed by atoms with Crippen LogP contribution in [0.4, 0.5) is 5.69 Å². The molecule has 3 aromatic carbocycles. The number of rotatable bonds is 6. The Bertz CT molecular complexity index is 894. The molecular weight excluding hydrogens is 350 g/mol. The molecule has 0 saturated heterocycles. The summed E-state index contributed by atoms with van der Waals surface area (Å²) in [5.41, 5.74) is 2.08. The zero-order chi connectivity index (χ0) is 18.4. The van der Waals surface area contributed by atoms with Crippen molar-refractivity contribution in [3.8, 4) is 11.5 Å². The van der Waals surface area contributed by atoms with E-state index in [2.05, 4.69) is 5.32 Å². The van der Waals surface area contributed by atoms with Gasteiger partial charge in [0.15, 0.2) is 11.5 Å². The number of ether oxygens (including phenoxy) is 2. The average Bonchev–Trinajstić information content (AvgIpc) is 2.68. The molecule has 0 spiro atoms. The molecule has 0 aromatic heterocycles. The van der Waals surface area contributed by atoms with Crippen molar-refractivity contribution in [3.63, 3.8) is 0 Å². The van der Waals surface area contributed by atoms with E-state index >= 15 is 0 Å². The van der Waals surface area contributed by atoms with E-state index in [-0.39, 0.29) is 5.91 Å². The van der Waals surface area contributed by atoms with Crippen LogP contribution in [0.2, 0.25) is 5.02 Å². The van der Waals surface area contributed by atoms with Gasteiger partial charge in [0.1, 0.15) is 6.61 Å². The van der Waals surface area contributed by atoms with Crippen molar-refractivity contribution in [2.24, 2.45) is 0 Å². The Balaban J connectivity index is 1.63. The summed E-state index contributed by atoms with van der Waals surface area (Å²) in [6.45, 7) is 0.382. The van der Waals surface area contributed by atoms with Gasteiger partial charge in [0.2, 0.25) is 0 Å². The summed E-state index contributed by atoms with van der Waals surface area (Å²) in [4.78, 5) is 12.3. The largest absolute Gasteiger partial charge is 0.493 e. The van der Waals surface area contributed by atoms with Gasteiger partial charge in [0, 0.05) is 5.56 Å². The number of halogens is 1. The Morgan fingerprint density at radius 2 is 1.58 bits per heavy atom. The Labute approximate surface area is 157 Å². The summed E-state index contributed by atoms with van der Waals surface area (Å²) < 4.78 is 11.0. The average molecular weight is 368 g/mol. The molecule has 0 aliphatic rings. The van der Waals surface area contributed by atoms with E-state index in [9.17, 15) is 4.79 Å². The summed E-state index contributed by atoms with van der Waals surface area (Å²) in [6, 6.07) is 21.8. The highest BCUT2D eigenvalue weighted by Crippen LogP contribution is 2.26. The van der Waals surface area contributed by atoms with Gasteiger partial charge in [-0.25, -0.2) is 0 Å². The highest BCUT2D eigenvalue weighted by Gasteiger charge is 2.09. The van der Waals surface area contributed by atoms with Crippen molar-refractivity contribution < 1.29 is 14.3 Å². The fourth-order valence-corrected chi connectivity index (χ4v) is 2.59. The number of methoxy groups -OCH3 is 1. The van der Waals surface area contributed by atoms with Crippen molar-refractivity contribution in [2.45, 2.75) is 6.61 Å². The predicted molar refractivity (Wildman–Crippen MR) is 103 cm³/mol. The van der Waals surface area contributed by atoms with Crippen molar-refractivity contribution in [2.75, 3.05) is 12.4 Å². The quantitative estimate of drug-likeness (QED) is 0.653. The number of benzene rings is 3. The van der Waals surface area contributed by atoms with Crippen LogP contribution in [0.15, 0.2) is 72.8 Å². The first-order valence-corrected chi connectivity index (χ1v) is 8.46. The minimum atomic E-state index is -0.213. The van der Waals surface area contributed by atoms with E-state index in [4.69, 9.17) is 21.1 Å². The first-order chi connectivity index (χ1) is 12.7. The van der Waals surface area contributed by atoms with Crippen LogP contribution in [0.1, 0.15) is 15.9 Å². The van der Waals surface area contributed by atoms with Gasteiger partial charge in [-0.2, -0.15) is 0 Å². The molecule has 5 heteroatoms. The topological polar surface area (TPSA) is 47.6 Å². The molecule has 0 saturated carbocycles. The minimum absolute atomic E-state index is 0.213. The third-order valence-corrected chi connectivity index (χ3v) is 4.13. The summed E-state index contributed by atoms with van der Waals surface area (Å²) in [5, 5.41) is 3.30. The van der Waals surface area contributed by atoms with E-state index < -0.39 is 0 Å². The number of anilines is 1. The zero-order valence-corrected chi connectivity index (χ0v) is 15.0. The lowest BCUT2D eigenvalue weighted by Gasteiger charge is -2.11. The molecule has 0 heterocycles. The molecule has 132 valence electrons. The van der Waals surface area contributed by atoms with Gasteiger partial charge in [-0.15, -0.1) is 0 Å². The number of carbonyl (C=O) groups is 1. The number of amides is 1. The van der Waals surface area contributed by atoms with Crippen LogP contribution in [0, 0.1) is 0 Å². The van der Waals surface area contributed by atoms with Gasteiger partial charge in [-0.1, -0.05) is 48.0 Å². The smallest absolute Gasteiger partial charge is 0.255 e. The SMILES string of the molecule is COc1ccccc1OCc1ccc(C(=O)Nc2ccccc2Cl)cc1.